The lowest BCUT2D eigenvalue weighted by molar-refractivity contribution is -0.149. The summed E-state index contributed by atoms with van der Waals surface area (Å²) in [7, 11) is 0. The molecule has 9 heteroatoms. The highest BCUT2D eigenvalue weighted by Gasteiger charge is 2.37. The van der Waals surface area contributed by atoms with E-state index in [-0.39, 0.29) is 11.0 Å². The summed E-state index contributed by atoms with van der Waals surface area (Å²) < 4.78 is 16.9. The van der Waals surface area contributed by atoms with Gasteiger partial charge in [-0.15, -0.1) is 0 Å². The molecule has 0 saturated carbocycles. The number of carbonyl (C=O) groups excluding carboxylic acids is 3. The number of hydrogen-bond acceptors (Lipinski definition) is 7. The molecule has 0 atom stereocenters. The van der Waals surface area contributed by atoms with Crippen LogP contribution in [-0.4, -0.2) is 47.9 Å². The van der Waals surface area contributed by atoms with Crippen LogP contribution in [-0.2, 0) is 14.3 Å². The van der Waals surface area contributed by atoms with Gasteiger partial charge in [0.15, 0.2) is 0 Å². The number of rotatable bonds is 8. The van der Waals surface area contributed by atoms with Gasteiger partial charge in [-0.3, -0.25) is 19.3 Å². The van der Waals surface area contributed by atoms with E-state index in [2.05, 4.69) is 15.9 Å². The largest absolute Gasteiger partial charge is 0.493 e. The van der Waals surface area contributed by atoms with Gasteiger partial charge < -0.3 is 14.2 Å². The van der Waals surface area contributed by atoms with Crippen molar-refractivity contribution >= 4 is 50.9 Å². The van der Waals surface area contributed by atoms with E-state index in [0.29, 0.717) is 34.7 Å². The van der Waals surface area contributed by atoms with Crippen LogP contribution in [0, 0.1) is 0 Å². The first-order valence-corrected chi connectivity index (χ1v) is 10.4. The monoisotopic (exact) mass is 471 g/mol. The molecule has 0 unspecified atom stereocenters. The fraction of sp³-hybridized carbons (Fsp3) is 0.421. The summed E-state index contributed by atoms with van der Waals surface area (Å²) in [6, 6.07) is 3.49. The maximum atomic E-state index is 12.6. The van der Waals surface area contributed by atoms with Crippen LogP contribution >= 0.6 is 27.7 Å². The topological polar surface area (TPSA) is 82.1 Å². The standard InChI is InChI=1S/C19H22BrNO6S/c1-5-25-14-9-15(26-6-2)13(20)7-12(14)8-16-18(23)21(19(24)28-16)10-17(22)27-11(3)4/h7-9,11H,5-6,10H2,1-4H3/b16-8+. The van der Waals surface area contributed by atoms with Gasteiger partial charge >= 0.3 is 5.97 Å². The zero-order valence-electron chi connectivity index (χ0n) is 16.1. The molecule has 0 aromatic heterocycles. The number of hydrogen-bond donors (Lipinski definition) is 0. The van der Waals surface area contributed by atoms with Crippen LogP contribution < -0.4 is 9.47 Å². The van der Waals surface area contributed by atoms with Crippen molar-refractivity contribution < 1.29 is 28.6 Å². The normalized spacial score (nSPS) is 15.5. The molecule has 0 spiro atoms. The zero-order valence-corrected chi connectivity index (χ0v) is 18.5. The summed E-state index contributed by atoms with van der Waals surface area (Å²) in [6.07, 6.45) is 1.25. The highest BCUT2D eigenvalue weighted by molar-refractivity contribution is 9.10. The lowest BCUT2D eigenvalue weighted by Gasteiger charge is -2.14. The van der Waals surface area contributed by atoms with Crippen LogP contribution in [0.5, 0.6) is 11.5 Å². The maximum absolute atomic E-state index is 12.6. The van der Waals surface area contributed by atoms with Gasteiger partial charge in [-0.05, 0) is 67.5 Å². The number of imide groups is 1. The smallest absolute Gasteiger partial charge is 0.326 e. The van der Waals surface area contributed by atoms with Crippen molar-refractivity contribution in [2.45, 2.75) is 33.8 Å². The van der Waals surface area contributed by atoms with Crippen molar-refractivity contribution in [3.05, 3.63) is 27.1 Å². The molecule has 0 N–H and O–H groups in total. The van der Waals surface area contributed by atoms with Gasteiger partial charge in [0, 0.05) is 11.6 Å². The minimum Gasteiger partial charge on any atom is -0.493 e. The molecule has 2 amide bonds. The van der Waals surface area contributed by atoms with E-state index >= 15 is 0 Å². The van der Waals surface area contributed by atoms with Crippen LogP contribution in [0.4, 0.5) is 4.79 Å². The Morgan fingerprint density at radius 2 is 1.82 bits per heavy atom. The highest BCUT2D eigenvalue weighted by Crippen LogP contribution is 2.38. The summed E-state index contributed by atoms with van der Waals surface area (Å²) in [5.74, 6) is -0.0201. The lowest BCUT2D eigenvalue weighted by atomic mass is 10.1. The predicted molar refractivity (Wildman–Crippen MR) is 110 cm³/mol. The van der Waals surface area contributed by atoms with Crippen LogP contribution in [0.15, 0.2) is 21.5 Å². The second kappa shape index (κ2) is 9.97. The first kappa shape index (κ1) is 22.3. The molecule has 1 aromatic rings. The number of amides is 2. The molecule has 1 aliphatic heterocycles. The quantitative estimate of drug-likeness (QED) is 0.414. The SMILES string of the molecule is CCOc1cc(OCC)c(/C=C2/SC(=O)N(CC(=O)OC(C)C)C2=O)cc1Br. The maximum Gasteiger partial charge on any atom is 0.326 e. The molecule has 1 aliphatic rings. The zero-order chi connectivity index (χ0) is 20.8. The molecule has 1 saturated heterocycles. The molecule has 1 heterocycles. The van der Waals surface area contributed by atoms with E-state index in [1.807, 2.05) is 13.8 Å². The molecule has 152 valence electrons. The molecule has 0 bridgehead atoms. The molecular formula is C19H22BrNO6S. The average molecular weight is 472 g/mol. The van der Waals surface area contributed by atoms with Crippen LogP contribution in [0.25, 0.3) is 6.08 Å². The first-order valence-electron chi connectivity index (χ1n) is 8.80. The molecule has 2 rings (SSSR count). The number of thioether (sulfide) groups is 1. The highest BCUT2D eigenvalue weighted by atomic mass is 79.9. The number of esters is 1. The fourth-order valence-corrected chi connectivity index (χ4v) is 3.72. The summed E-state index contributed by atoms with van der Waals surface area (Å²) in [5.41, 5.74) is 0.618. The molecule has 0 radical (unpaired) electrons. The Labute approximate surface area is 176 Å². The van der Waals surface area contributed by atoms with Gasteiger partial charge in [-0.2, -0.15) is 0 Å². The molecular weight excluding hydrogens is 450 g/mol. The van der Waals surface area contributed by atoms with Crippen molar-refractivity contribution in [1.29, 1.82) is 0 Å². The molecule has 1 aromatic carbocycles. The van der Waals surface area contributed by atoms with Gasteiger partial charge in [0.2, 0.25) is 0 Å². The minimum absolute atomic E-state index is 0.208. The second-order valence-corrected chi connectivity index (χ2v) is 7.84. The van der Waals surface area contributed by atoms with E-state index in [4.69, 9.17) is 14.2 Å². The van der Waals surface area contributed by atoms with Crippen molar-refractivity contribution in [1.82, 2.24) is 4.90 Å². The Bertz CT molecular complexity index is 808. The Kier molecular flexibility index (Phi) is 7.94. The first-order chi connectivity index (χ1) is 13.3. The van der Waals surface area contributed by atoms with E-state index in [1.165, 1.54) is 0 Å². The lowest BCUT2D eigenvalue weighted by Crippen LogP contribution is -2.35. The van der Waals surface area contributed by atoms with E-state index in [9.17, 15) is 14.4 Å². The van der Waals surface area contributed by atoms with Crippen molar-refractivity contribution in [3.8, 4) is 11.5 Å². The van der Waals surface area contributed by atoms with Gasteiger partial charge in [-0.1, -0.05) is 0 Å². The molecule has 7 nitrogen and oxygen atoms in total. The number of nitrogens with zero attached hydrogens (tertiary/aromatic N) is 1. The third-order valence-corrected chi connectivity index (χ3v) is 5.01. The summed E-state index contributed by atoms with van der Waals surface area (Å²) >= 11 is 4.21. The van der Waals surface area contributed by atoms with Crippen molar-refractivity contribution in [3.63, 3.8) is 0 Å². The fourth-order valence-electron chi connectivity index (χ4n) is 2.42. The number of halogens is 1. The van der Waals surface area contributed by atoms with E-state index in [0.717, 1.165) is 16.7 Å². The van der Waals surface area contributed by atoms with Crippen LogP contribution in [0.2, 0.25) is 0 Å². The minimum atomic E-state index is -0.627. The number of benzene rings is 1. The molecule has 1 fully saturated rings. The molecule has 28 heavy (non-hydrogen) atoms. The van der Waals surface area contributed by atoms with E-state index < -0.39 is 23.7 Å². The Balaban J connectivity index is 2.29. The summed E-state index contributed by atoms with van der Waals surface area (Å²) in [5, 5.41) is -0.514. The van der Waals surface area contributed by atoms with Gasteiger partial charge in [0.1, 0.15) is 18.0 Å². The van der Waals surface area contributed by atoms with E-state index in [1.54, 1.807) is 32.1 Å². The Morgan fingerprint density at radius 1 is 1.18 bits per heavy atom. The average Bonchev–Trinajstić information content (AvgIpc) is 2.86. The van der Waals surface area contributed by atoms with Crippen LogP contribution in [0.3, 0.4) is 0 Å². The van der Waals surface area contributed by atoms with Crippen LogP contribution in [0.1, 0.15) is 33.3 Å². The van der Waals surface area contributed by atoms with Crippen molar-refractivity contribution in [2.75, 3.05) is 19.8 Å². The molecule has 0 aliphatic carbocycles. The third-order valence-electron chi connectivity index (χ3n) is 3.48. The summed E-state index contributed by atoms with van der Waals surface area (Å²) in [4.78, 5) is 37.7. The van der Waals surface area contributed by atoms with Gasteiger partial charge in [0.05, 0.1) is 28.7 Å². The second-order valence-electron chi connectivity index (χ2n) is 5.99. The number of carbonyl (C=O) groups is 3. The van der Waals surface area contributed by atoms with Gasteiger partial charge in [0.25, 0.3) is 11.1 Å². The van der Waals surface area contributed by atoms with Crippen molar-refractivity contribution in [2.24, 2.45) is 0 Å². The Hall–Kier alpha value is -2.00. The third kappa shape index (κ3) is 5.51. The number of ether oxygens (including phenoxy) is 3. The summed E-state index contributed by atoms with van der Waals surface area (Å²) in [6.45, 7) is 7.63. The van der Waals surface area contributed by atoms with Gasteiger partial charge in [-0.25, -0.2) is 0 Å². The Morgan fingerprint density at radius 3 is 2.43 bits per heavy atom. The predicted octanol–water partition coefficient (Wildman–Crippen LogP) is 4.23.